The third-order valence-corrected chi connectivity index (χ3v) is 11.0. The van der Waals surface area contributed by atoms with Crippen molar-refractivity contribution in [2.45, 2.75) is 75.6 Å². The fraction of sp³-hybridized carbons (Fsp3) is 0.607. The van der Waals surface area contributed by atoms with Crippen LogP contribution in [0.3, 0.4) is 0 Å². The van der Waals surface area contributed by atoms with Crippen molar-refractivity contribution < 1.29 is 39.0 Å². The number of nitrogen functional groups attached to an aromatic ring is 1. The summed E-state index contributed by atoms with van der Waals surface area (Å²) in [6, 6.07) is -1.70. The summed E-state index contributed by atoms with van der Waals surface area (Å²) in [5.74, 6) is -4.86. The number of carboxylic acids is 2. The summed E-state index contributed by atoms with van der Waals surface area (Å²) in [6.07, 6.45) is 1.27. The second-order valence-corrected chi connectivity index (χ2v) is 14.7. The van der Waals surface area contributed by atoms with E-state index in [0.29, 0.717) is 31.0 Å². The first-order valence-corrected chi connectivity index (χ1v) is 16.6. The lowest BCUT2D eigenvalue weighted by atomic mass is 9.78. The van der Waals surface area contributed by atoms with Crippen LogP contribution in [0.2, 0.25) is 0 Å². The summed E-state index contributed by atoms with van der Waals surface area (Å²) in [5.41, 5.74) is 9.61. The first-order chi connectivity index (χ1) is 21.6. The highest BCUT2D eigenvalue weighted by Gasteiger charge is 2.60. The number of carbonyl (C=O) groups is 5. The van der Waals surface area contributed by atoms with Crippen molar-refractivity contribution in [1.29, 1.82) is 0 Å². The number of likely N-dealkylation sites (tertiary alicyclic amines) is 1. The molecule has 1 unspecified atom stereocenters. The van der Waals surface area contributed by atoms with Gasteiger partial charge in [-0.2, -0.15) is 0 Å². The molecule has 0 spiro atoms. The lowest BCUT2D eigenvalue weighted by Crippen LogP contribution is -2.66. The Kier molecular flexibility index (Phi) is 9.36. The second kappa shape index (κ2) is 12.8. The summed E-state index contributed by atoms with van der Waals surface area (Å²) in [7, 11) is 0. The molecule has 4 aliphatic rings. The van der Waals surface area contributed by atoms with E-state index in [0.717, 1.165) is 17.8 Å². The second-order valence-electron chi connectivity index (χ2n) is 12.5. The topological polar surface area (TPSA) is 243 Å². The van der Waals surface area contributed by atoms with Crippen molar-refractivity contribution in [1.82, 2.24) is 25.4 Å². The van der Waals surface area contributed by atoms with Gasteiger partial charge in [-0.15, -0.1) is 23.1 Å². The van der Waals surface area contributed by atoms with Crippen molar-refractivity contribution in [2.24, 2.45) is 22.7 Å². The standard InChI is InChI=1S/C28H38N8O8S2/c1-11-19-17(12(2)32-22(37)18(16-10-45-27(30)33-16)34-44-28(3,4)26(42)43)24(39)36(19)20(25(40)41)21(11)46-14-7-15(31-8-14)23(38)35-6-5-13(29)9-35/h10-15,17,19,31H,5-9,29H2,1-4H3,(H2,30,33)(H,32,37)(H,40,41)(H,42,43)/b34-18-/t11-,12-,13-,14+,15?,17-,19-/m1/s1. The van der Waals surface area contributed by atoms with Crippen molar-refractivity contribution in [3.05, 3.63) is 21.7 Å². The number of anilines is 1. The molecule has 0 aromatic carbocycles. The van der Waals surface area contributed by atoms with E-state index in [1.54, 1.807) is 11.8 Å². The van der Waals surface area contributed by atoms with Gasteiger partial charge in [0.25, 0.3) is 5.91 Å². The van der Waals surface area contributed by atoms with E-state index < -0.39 is 47.4 Å². The van der Waals surface area contributed by atoms with Gasteiger partial charge in [0.2, 0.25) is 17.4 Å². The quantitative estimate of drug-likeness (QED) is 0.0994. The normalized spacial score (nSPS) is 28.6. The fourth-order valence-corrected chi connectivity index (χ4v) is 8.26. The smallest absolute Gasteiger partial charge is 0.353 e. The zero-order valence-corrected chi connectivity index (χ0v) is 27.4. The average Bonchev–Trinajstić information content (AvgIpc) is 3.76. The molecule has 1 aromatic rings. The van der Waals surface area contributed by atoms with Crippen LogP contribution in [0, 0.1) is 11.8 Å². The summed E-state index contributed by atoms with van der Waals surface area (Å²) in [4.78, 5) is 76.6. The van der Waals surface area contributed by atoms with E-state index >= 15 is 0 Å². The molecule has 0 aliphatic carbocycles. The van der Waals surface area contributed by atoms with Gasteiger partial charge in [-0.25, -0.2) is 14.6 Å². The number of carbonyl (C=O) groups excluding carboxylic acids is 3. The Morgan fingerprint density at radius 2 is 2.02 bits per heavy atom. The number of aromatic nitrogens is 1. The number of β-lactam (4-membered cyclic amide) rings is 1. The highest BCUT2D eigenvalue weighted by atomic mass is 32.2. The van der Waals surface area contributed by atoms with E-state index in [1.807, 2.05) is 6.92 Å². The molecule has 8 N–H and O–H groups in total. The molecule has 18 heteroatoms. The van der Waals surface area contributed by atoms with Gasteiger partial charge in [-0.3, -0.25) is 14.4 Å². The van der Waals surface area contributed by atoms with E-state index in [2.05, 4.69) is 20.8 Å². The van der Waals surface area contributed by atoms with Crippen molar-refractivity contribution in [2.75, 3.05) is 25.4 Å². The lowest BCUT2D eigenvalue weighted by Gasteiger charge is -2.47. The van der Waals surface area contributed by atoms with E-state index in [1.165, 1.54) is 35.9 Å². The number of nitrogens with two attached hydrogens (primary N) is 2. The van der Waals surface area contributed by atoms with E-state index in [4.69, 9.17) is 16.3 Å². The van der Waals surface area contributed by atoms with E-state index in [9.17, 15) is 34.2 Å². The van der Waals surface area contributed by atoms with Crippen LogP contribution in [-0.2, 0) is 28.8 Å². The van der Waals surface area contributed by atoms with Gasteiger partial charge in [-0.1, -0.05) is 12.1 Å². The molecule has 250 valence electrons. The number of carboxylic acid groups (broad SMARTS) is 2. The predicted octanol–water partition coefficient (Wildman–Crippen LogP) is -0.390. The van der Waals surface area contributed by atoms with Gasteiger partial charge in [0.1, 0.15) is 11.4 Å². The number of aliphatic carboxylic acids is 2. The molecular weight excluding hydrogens is 640 g/mol. The van der Waals surface area contributed by atoms with Gasteiger partial charge in [0.05, 0.1) is 18.0 Å². The summed E-state index contributed by atoms with van der Waals surface area (Å²) in [6.45, 7) is 7.66. The molecule has 5 rings (SSSR count). The van der Waals surface area contributed by atoms with Crippen molar-refractivity contribution in [3.63, 3.8) is 0 Å². The molecule has 7 atom stereocenters. The zero-order valence-electron chi connectivity index (χ0n) is 25.8. The Morgan fingerprint density at radius 1 is 1.30 bits per heavy atom. The molecule has 46 heavy (non-hydrogen) atoms. The molecule has 3 saturated heterocycles. The molecule has 5 heterocycles. The van der Waals surface area contributed by atoms with Crippen LogP contribution in [-0.4, -0.2) is 115 Å². The molecule has 1 aromatic heterocycles. The SMILES string of the molecule is C[C@@H](NC(=O)/C(=N\OC(C)(C)C(=O)O)c1csc(N)n1)[C@H]1C(=O)N2C(C(=O)O)=C(S[C@@H]3CNC(C(=O)N4CC[C@@H](N)C4)C3)[C@H](C)[C@H]12. The van der Waals surface area contributed by atoms with Crippen LogP contribution in [0.25, 0.3) is 0 Å². The number of nitrogens with zero attached hydrogens (tertiary/aromatic N) is 4. The first kappa shape index (κ1) is 33.6. The number of thioether (sulfide) groups is 1. The summed E-state index contributed by atoms with van der Waals surface area (Å²) in [5, 5.41) is 30.9. The number of nitrogens with one attached hydrogen (secondary N) is 2. The molecule has 0 radical (unpaired) electrons. The summed E-state index contributed by atoms with van der Waals surface area (Å²) >= 11 is 2.42. The Hall–Kier alpha value is -3.74. The molecule has 16 nitrogen and oxygen atoms in total. The van der Waals surface area contributed by atoms with Crippen LogP contribution in [0.1, 0.15) is 46.2 Å². The molecule has 0 saturated carbocycles. The Morgan fingerprint density at radius 3 is 2.61 bits per heavy atom. The zero-order chi connectivity index (χ0) is 33.7. The molecule has 3 fully saturated rings. The van der Waals surface area contributed by atoms with Gasteiger partial charge in [0, 0.05) is 53.2 Å². The number of fused-ring (bicyclic) bond motifs is 1. The van der Waals surface area contributed by atoms with Crippen LogP contribution in [0.5, 0.6) is 0 Å². The number of rotatable bonds is 11. The first-order valence-electron chi connectivity index (χ1n) is 14.9. The number of amides is 3. The minimum Gasteiger partial charge on any atom is -0.478 e. The van der Waals surface area contributed by atoms with Crippen molar-refractivity contribution >= 4 is 63.6 Å². The molecule has 0 bridgehead atoms. The maximum atomic E-state index is 13.4. The number of hydrogen-bond donors (Lipinski definition) is 6. The largest absolute Gasteiger partial charge is 0.478 e. The fourth-order valence-electron chi connectivity index (χ4n) is 6.23. The van der Waals surface area contributed by atoms with Crippen LogP contribution >= 0.6 is 23.1 Å². The maximum Gasteiger partial charge on any atom is 0.353 e. The maximum absolute atomic E-state index is 13.4. The van der Waals surface area contributed by atoms with Crippen LogP contribution < -0.4 is 22.1 Å². The van der Waals surface area contributed by atoms with Crippen LogP contribution in [0.15, 0.2) is 21.1 Å². The molecule has 3 amide bonds. The minimum absolute atomic E-state index is 0.00763. The third-order valence-electron chi connectivity index (χ3n) is 8.77. The molecular formula is C28H38N8O8S2. The van der Waals surface area contributed by atoms with E-state index in [-0.39, 0.29) is 51.4 Å². The lowest BCUT2D eigenvalue weighted by molar-refractivity contribution is -0.161. The highest BCUT2D eigenvalue weighted by molar-refractivity contribution is 8.03. The monoisotopic (exact) mass is 678 g/mol. The minimum atomic E-state index is -1.75. The van der Waals surface area contributed by atoms with Crippen LogP contribution in [0.4, 0.5) is 5.13 Å². The number of oxime groups is 1. The third kappa shape index (κ3) is 6.30. The Labute approximate surface area is 272 Å². The number of hydrogen-bond acceptors (Lipinski definition) is 13. The highest BCUT2D eigenvalue weighted by Crippen LogP contribution is 2.52. The molecule has 4 aliphatic heterocycles. The van der Waals surface area contributed by atoms with Gasteiger partial charge in [0.15, 0.2) is 10.8 Å². The Bertz CT molecular complexity index is 1510. The van der Waals surface area contributed by atoms with Crippen molar-refractivity contribution in [3.8, 4) is 0 Å². The average molecular weight is 679 g/mol. The number of thiazole rings is 1. The van der Waals surface area contributed by atoms with Gasteiger partial charge >= 0.3 is 11.9 Å². The van der Waals surface area contributed by atoms with Gasteiger partial charge < -0.3 is 47.0 Å². The van der Waals surface area contributed by atoms with Gasteiger partial charge in [-0.05, 0) is 33.6 Å². The Balaban J connectivity index is 1.28. The summed E-state index contributed by atoms with van der Waals surface area (Å²) < 4.78 is 0. The predicted molar refractivity (Wildman–Crippen MR) is 168 cm³/mol.